The van der Waals surface area contributed by atoms with Crippen LogP contribution in [0.1, 0.15) is 31.4 Å². The maximum absolute atomic E-state index is 12.3. The fourth-order valence-corrected chi connectivity index (χ4v) is 3.38. The van der Waals surface area contributed by atoms with Crippen LogP contribution in [-0.2, 0) is 4.79 Å². The SMILES string of the molecule is Cc1cccc(NC(=O)CN(C)CC2CCN(C)C2(C)C)c1C. The van der Waals surface area contributed by atoms with Crippen LogP contribution in [0.3, 0.4) is 0 Å². The standard InChI is InChI=1S/C19H31N3O/c1-14-8-7-9-17(15(14)2)20-18(23)13-21(5)12-16-10-11-22(6)19(16,3)4/h7-9,16H,10-13H2,1-6H3,(H,20,23). The van der Waals surface area contributed by atoms with E-state index in [1.807, 2.05) is 26.1 Å². The van der Waals surface area contributed by atoms with Gasteiger partial charge in [-0.25, -0.2) is 0 Å². The van der Waals surface area contributed by atoms with Crippen LogP contribution in [0.4, 0.5) is 5.69 Å². The van der Waals surface area contributed by atoms with E-state index in [9.17, 15) is 4.79 Å². The Labute approximate surface area is 140 Å². The van der Waals surface area contributed by atoms with Crippen LogP contribution < -0.4 is 5.32 Å². The molecule has 4 nitrogen and oxygen atoms in total. The van der Waals surface area contributed by atoms with Gasteiger partial charge in [-0.15, -0.1) is 0 Å². The van der Waals surface area contributed by atoms with E-state index in [1.165, 1.54) is 12.0 Å². The van der Waals surface area contributed by atoms with Crippen LogP contribution in [0.5, 0.6) is 0 Å². The molecule has 1 heterocycles. The van der Waals surface area contributed by atoms with Gasteiger partial charge in [0.2, 0.25) is 5.91 Å². The number of carbonyl (C=O) groups excluding carboxylic acids is 1. The van der Waals surface area contributed by atoms with Gasteiger partial charge in [-0.05, 0) is 77.9 Å². The van der Waals surface area contributed by atoms with Crippen molar-refractivity contribution < 1.29 is 4.79 Å². The molecular weight excluding hydrogens is 286 g/mol. The molecule has 4 heteroatoms. The molecule has 0 aromatic heterocycles. The maximum Gasteiger partial charge on any atom is 0.238 e. The van der Waals surface area contributed by atoms with Gasteiger partial charge in [0.15, 0.2) is 0 Å². The maximum atomic E-state index is 12.3. The number of amides is 1. The summed E-state index contributed by atoms with van der Waals surface area (Å²) in [4.78, 5) is 16.9. The number of likely N-dealkylation sites (N-methyl/N-ethyl adjacent to an activating group) is 1. The molecule has 0 bridgehead atoms. The Morgan fingerprint density at radius 1 is 1.39 bits per heavy atom. The molecule has 1 aliphatic heterocycles. The fourth-order valence-electron chi connectivity index (χ4n) is 3.38. The number of aryl methyl sites for hydroxylation is 1. The molecule has 1 N–H and O–H groups in total. The lowest BCUT2D eigenvalue weighted by atomic mass is 9.88. The molecule has 0 radical (unpaired) electrons. The summed E-state index contributed by atoms with van der Waals surface area (Å²) in [6.45, 7) is 11.2. The number of nitrogens with zero attached hydrogens (tertiary/aromatic N) is 2. The number of anilines is 1. The van der Waals surface area contributed by atoms with E-state index in [0.29, 0.717) is 12.5 Å². The second-order valence-electron chi connectivity index (χ2n) is 7.55. The van der Waals surface area contributed by atoms with Crippen molar-refractivity contribution in [3.63, 3.8) is 0 Å². The van der Waals surface area contributed by atoms with E-state index in [2.05, 4.69) is 49.0 Å². The quantitative estimate of drug-likeness (QED) is 0.907. The average Bonchev–Trinajstić information content (AvgIpc) is 2.70. The second kappa shape index (κ2) is 7.02. The normalized spacial score (nSPS) is 20.9. The Morgan fingerprint density at radius 2 is 2.09 bits per heavy atom. The third-order valence-electron chi connectivity index (χ3n) is 5.62. The van der Waals surface area contributed by atoms with Gasteiger partial charge in [-0.1, -0.05) is 12.1 Å². The van der Waals surface area contributed by atoms with Crippen molar-refractivity contribution >= 4 is 11.6 Å². The number of carbonyl (C=O) groups is 1. The number of benzene rings is 1. The van der Waals surface area contributed by atoms with Crippen LogP contribution in [0, 0.1) is 19.8 Å². The molecule has 0 spiro atoms. The first kappa shape index (κ1) is 18.0. The first-order valence-electron chi connectivity index (χ1n) is 8.47. The number of hydrogen-bond acceptors (Lipinski definition) is 3. The largest absolute Gasteiger partial charge is 0.325 e. The topological polar surface area (TPSA) is 35.6 Å². The minimum absolute atomic E-state index is 0.0605. The Kier molecular flexibility index (Phi) is 5.48. The van der Waals surface area contributed by atoms with Gasteiger partial charge in [0.1, 0.15) is 0 Å². The summed E-state index contributed by atoms with van der Waals surface area (Å²) >= 11 is 0. The molecule has 1 aromatic carbocycles. The third kappa shape index (κ3) is 4.12. The number of likely N-dealkylation sites (tertiary alicyclic amines) is 1. The lowest BCUT2D eigenvalue weighted by Gasteiger charge is -2.35. The number of rotatable bonds is 5. The van der Waals surface area contributed by atoms with Crippen molar-refractivity contribution in [1.29, 1.82) is 0 Å². The van der Waals surface area contributed by atoms with Gasteiger partial charge in [0.25, 0.3) is 0 Å². The molecule has 0 saturated carbocycles. The van der Waals surface area contributed by atoms with Gasteiger partial charge in [0, 0.05) is 17.8 Å². The van der Waals surface area contributed by atoms with E-state index >= 15 is 0 Å². The highest BCUT2D eigenvalue weighted by Crippen LogP contribution is 2.33. The van der Waals surface area contributed by atoms with Crippen molar-refractivity contribution in [2.75, 3.05) is 39.0 Å². The van der Waals surface area contributed by atoms with Crippen LogP contribution >= 0.6 is 0 Å². The Bertz CT molecular complexity index is 568. The summed E-state index contributed by atoms with van der Waals surface area (Å²) in [5.41, 5.74) is 3.47. The highest BCUT2D eigenvalue weighted by molar-refractivity contribution is 5.93. The molecule has 128 valence electrons. The predicted octanol–water partition coefficient (Wildman–Crippen LogP) is 2.90. The summed E-state index contributed by atoms with van der Waals surface area (Å²) in [7, 11) is 4.23. The Hall–Kier alpha value is -1.39. The molecule has 1 aromatic rings. The Morgan fingerprint density at radius 3 is 2.70 bits per heavy atom. The second-order valence-corrected chi connectivity index (χ2v) is 7.55. The van der Waals surface area contributed by atoms with Crippen LogP contribution in [-0.4, -0.2) is 55.0 Å². The first-order chi connectivity index (χ1) is 10.7. The lowest BCUT2D eigenvalue weighted by molar-refractivity contribution is -0.117. The molecular formula is C19H31N3O. The van der Waals surface area contributed by atoms with Crippen molar-refractivity contribution in [3.05, 3.63) is 29.3 Å². The van der Waals surface area contributed by atoms with Crippen molar-refractivity contribution in [1.82, 2.24) is 9.80 Å². The van der Waals surface area contributed by atoms with Gasteiger partial charge >= 0.3 is 0 Å². The highest BCUT2D eigenvalue weighted by atomic mass is 16.2. The minimum atomic E-state index is 0.0605. The molecule has 23 heavy (non-hydrogen) atoms. The zero-order valence-electron chi connectivity index (χ0n) is 15.4. The number of hydrogen-bond donors (Lipinski definition) is 1. The van der Waals surface area contributed by atoms with E-state index in [1.54, 1.807) is 0 Å². The van der Waals surface area contributed by atoms with Gasteiger partial charge in [0.05, 0.1) is 6.54 Å². The predicted molar refractivity (Wildman–Crippen MR) is 96.9 cm³/mol. The summed E-state index contributed by atoms with van der Waals surface area (Å²) < 4.78 is 0. The van der Waals surface area contributed by atoms with Crippen LogP contribution in [0.2, 0.25) is 0 Å². The zero-order chi connectivity index (χ0) is 17.2. The van der Waals surface area contributed by atoms with Gasteiger partial charge < -0.3 is 10.2 Å². The van der Waals surface area contributed by atoms with E-state index in [-0.39, 0.29) is 11.4 Å². The monoisotopic (exact) mass is 317 g/mol. The van der Waals surface area contributed by atoms with Gasteiger partial charge in [-0.2, -0.15) is 0 Å². The van der Waals surface area contributed by atoms with Crippen molar-refractivity contribution in [3.8, 4) is 0 Å². The van der Waals surface area contributed by atoms with E-state index in [0.717, 1.165) is 24.3 Å². The summed E-state index contributed by atoms with van der Waals surface area (Å²) in [6.07, 6.45) is 1.20. The number of nitrogens with one attached hydrogen (secondary N) is 1. The van der Waals surface area contributed by atoms with Crippen molar-refractivity contribution in [2.24, 2.45) is 5.92 Å². The van der Waals surface area contributed by atoms with E-state index in [4.69, 9.17) is 0 Å². The molecule has 0 aliphatic carbocycles. The summed E-state index contributed by atoms with van der Waals surface area (Å²) in [5, 5.41) is 3.05. The minimum Gasteiger partial charge on any atom is -0.325 e. The highest BCUT2D eigenvalue weighted by Gasteiger charge is 2.39. The Balaban J connectivity index is 1.89. The molecule has 1 amide bonds. The van der Waals surface area contributed by atoms with Crippen LogP contribution in [0.25, 0.3) is 0 Å². The van der Waals surface area contributed by atoms with Gasteiger partial charge in [-0.3, -0.25) is 9.69 Å². The molecule has 2 rings (SSSR count). The third-order valence-corrected chi connectivity index (χ3v) is 5.62. The molecule has 1 atom stereocenters. The molecule has 1 unspecified atom stereocenters. The molecule has 1 saturated heterocycles. The smallest absolute Gasteiger partial charge is 0.238 e. The summed E-state index contributed by atoms with van der Waals surface area (Å²) in [5.74, 6) is 0.663. The molecule has 1 aliphatic rings. The lowest BCUT2D eigenvalue weighted by Crippen LogP contribution is -2.44. The van der Waals surface area contributed by atoms with Crippen molar-refractivity contribution in [2.45, 2.75) is 39.7 Å². The zero-order valence-corrected chi connectivity index (χ0v) is 15.4. The summed E-state index contributed by atoms with van der Waals surface area (Å²) in [6, 6.07) is 6.02. The molecule has 1 fully saturated rings. The first-order valence-corrected chi connectivity index (χ1v) is 8.47. The van der Waals surface area contributed by atoms with E-state index < -0.39 is 0 Å². The van der Waals surface area contributed by atoms with Crippen LogP contribution in [0.15, 0.2) is 18.2 Å². The average molecular weight is 317 g/mol. The fraction of sp³-hybridized carbons (Fsp3) is 0.632.